The first-order valence-corrected chi connectivity index (χ1v) is 6.29. The molecule has 1 rings (SSSR count). The number of hydrogen-bond acceptors (Lipinski definition) is 6. The Balaban J connectivity index is 3.54. The molecule has 0 fully saturated rings. The Hall–Kier alpha value is -1.67. The number of rotatable bonds is 4. The van der Waals surface area contributed by atoms with Crippen LogP contribution in [0.4, 0.5) is 5.69 Å². The van der Waals surface area contributed by atoms with Gasteiger partial charge in [0.2, 0.25) is 0 Å². The second-order valence-corrected chi connectivity index (χ2v) is 4.82. The van der Waals surface area contributed by atoms with E-state index in [2.05, 4.69) is 25.4 Å². The van der Waals surface area contributed by atoms with Gasteiger partial charge in [0.25, 0.3) is 5.69 Å². The van der Waals surface area contributed by atoms with Gasteiger partial charge < -0.3 is 9.47 Å². The van der Waals surface area contributed by atoms with E-state index in [0.717, 1.165) is 20.3 Å². The zero-order valence-corrected chi connectivity index (χ0v) is 12.7. The van der Waals surface area contributed by atoms with Gasteiger partial charge in [-0.3, -0.25) is 19.7 Å². The third-order valence-electron chi connectivity index (χ3n) is 2.45. The summed E-state index contributed by atoms with van der Waals surface area (Å²) in [6.07, 6.45) is 0. The minimum absolute atomic E-state index is 0.0777. The number of esters is 2. The fourth-order valence-electron chi connectivity index (χ4n) is 1.53. The van der Waals surface area contributed by atoms with Crippen LogP contribution in [0.3, 0.4) is 0 Å². The van der Waals surface area contributed by atoms with E-state index in [1.165, 1.54) is 6.07 Å². The summed E-state index contributed by atoms with van der Waals surface area (Å²) in [7, 11) is 2.13. The Morgan fingerprint density at radius 1 is 1.30 bits per heavy atom. The van der Waals surface area contributed by atoms with Crippen molar-refractivity contribution in [1.82, 2.24) is 0 Å². The van der Waals surface area contributed by atoms with Crippen molar-refractivity contribution in [3.05, 3.63) is 37.3 Å². The summed E-state index contributed by atoms with van der Waals surface area (Å²) in [6, 6.07) is 2.26. The van der Waals surface area contributed by atoms with Gasteiger partial charge in [-0.25, -0.2) is 0 Å². The number of benzene rings is 1. The molecule has 7 nitrogen and oxygen atoms in total. The summed E-state index contributed by atoms with van der Waals surface area (Å²) in [4.78, 5) is 33.7. The number of nitrogens with zero attached hydrogens (tertiary/aromatic N) is 1. The van der Waals surface area contributed by atoms with Crippen LogP contribution in [0, 0.1) is 10.1 Å². The normalized spacial score (nSPS) is 10.2. The molecule has 0 aliphatic carbocycles. The minimum atomic E-state index is -1.56. The van der Waals surface area contributed by atoms with Gasteiger partial charge in [0, 0.05) is 10.5 Å². The number of carbonyl (C=O) groups is 2. The van der Waals surface area contributed by atoms with Crippen molar-refractivity contribution < 1.29 is 24.0 Å². The highest BCUT2D eigenvalue weighted by Gasteiger charge is 2.36. The van der Waals surface area contributed by atoms with E-state index in [9.17, 15) is 19.7 Å². The maximum atomic E-state index is 11.7. The predicted octanol–water partition coefficient (Wildman–Crippen LogP) is 2.44. The Morgan fingerprint density at radius 3 is 2.20 bits per heavy atom. The molecule has 20 heavy (non-hydrogen) atoms. The predicted molar refractivity (Wildman–Crippen MR) is 72.6 cm³/mol. The molecule has 0 spiro atoms. The summed E-state index contributed by atoms with van der Waals surface area (Å²) < 4.78 is 9.27. The van der Waals surface area contributed by atoms with Gasteiger partial charge >= 0.3 is 11.9 Å². The molecule has 1 aromatic carbocycles. The number of ether oxygens (including phenoxy) is 2. The van der Waals surface area contributed by atoms with E-state index in [0.29, 0.717) is 4.47 Å². The number of halogens is 2. The maximum Gasteiger partial charge on any atom is 0.324 e. The standard InChI is InChI=1S/C11H9BrClNO6/c1-19-10(15)9(11(16)20-2)5-3-6(12)7(13)4-8(5)14(17)18/h3-4,9H,1-2H3. The lowest BCUT2D eigenvalue weighted by Crippen LogP contribution is -2.25. The van der Waals surface area contributed by atoms with Crippen LogP contribution in [0.1, 0.15) is 11.5 Å². The largest absolute Gasteiger partial charge is 0.468 e. The zero-order valence-electron chi connectivity index (χ0n) is 10.4. The van der Waals surface area contributed by atoms with Gasteiger partial charge in [0.15, 0.2) is 5.92 Å². The summed E-state index contributed by atoms with van der Waals surface area (Å²) in [5, 5.41) is 11.1. The van der Waals surface area contributed by atoms with Crippen LogP contribution in [0.5, 0.6) is 0 Å². The van der Waals surface area contributed by atoms with Crippen molar-refractivity contribution in [1.29, 1.82) is 0 Å². The molecule has 0 aromatic heterocycles. The van der Waals surface area contributed by atoms with Gasteiger partial charge in [-0.2, -0.15) is 0 Å². The van der Waals surface area contributed by atoms with Crippen LogP contribution < -0.4 is 0 Å². The van der Waals surface area contributed by atoms with Gasteiger partial charge in [-0.05, 0) is 22.0 Å². The second-order valence-electron chi connectivity index (χ2n) is 3.56. The third kappa shape index (κ3) is 3.26. The Bertz CT molecular complexity index is 560. The number of carbonyl (C=O) groups excluding carboxylic acids is 2. The van der Waals surface area contributed by atoms with Crippen molar-refractivity contribution >= 4 is 45.2 Å². The molecule has 0 unspecified atom stereocenters. The van der Waals surface area contributed by atoms with Gasteiger partial charge in [0.05, 0.1) is 29.7 Å². The van der Waals surface area contributed by atoms with Gasteiger partial charge in [-0.1, -0.05) is 11.6 Å². The fourth-order valence-corrected chi connectivity index (χ4v) is 2.05. The molecule has 1 aromatic rings. The Morgan fingerprint density at radius 2 is 1.80 bits per heavy atom. The molecule has 0 amide bonds. The van der Waals surface area contributed by atoms with Gasteiger partial charge in [0.1, 0.15) is 0 Å². The lowest BCUT2D eigenvalue weighted by molar-refractivity contribution is -0.385. The highest BCUT2D eigenvalue weighted by Crippen LogP contribution is 2.35. The lowest BCUT2D eigenvalue weighted by Gasteiger charge is -2.13. The average Bonchev–Trinajstić information content (AvgIpc) is 2.41. The molecule has 0 saturated carbocycles. The van der Waals surface area contributed by atoms with Crippen LogP contribution in [-0.2, 0) is 19.1 Å². The molecule has 9 heteroatoms. The van der Waals surface area contributed by atoms with E-state index in [4.69, 9.17) is 11.6 Å². The molecule has 0 aliphatic heterocycles. The molecule has 0 aliphatic rings. The van der Waals surface area contributed by atoms with Crippen molar-refractivity contribution in [3.8, 4) is 0 Å². The average molecular weight is 367 g/mol. The second kappa shape index (κ2) is 6.67. The molecule has 0 N–H and O–H groups in total. The summed E-state index contributed by atoms with van der Waals surface area (Å²) in [5.41, 5.74) is -0.635. The Labute approximate surface area is 127 Å². The molecule has 0 atom stereocenters. The van der Waals surface area contributed by atoms with E-state index in [-0.39, 0.29) is 10.6 Å². The first kappa shape index (κ1) is 16.4. The fraction of sp³-hybridized carbons (Fsp3) is 0.273. The first-order valence-electron chi connectivity index (χ1n) is 5.12. The van der Waals surface area contributed by atoms with Crippen molar-refractivity contribution in [2.24, 2.45) is 0 Å². The Kier molecular flexibility index (Phi) is 5.46. The van der Waals surface area contributed by atoms with Crippen molar-refractivity contribution in [2.45, 2.75) is 5.92 Å². The highest BCUT2D eigenvalue weighted by atomic mass is 79.9. The zero-order chi connectivity index (χ0) is 15.4. The topological polar surface area (TPSA) is 95.7 Å². The van der Waals surface area contributed by atoms with E-state index in [1.807, 2.05) is 0 Å². The van der Waals surface area contributed by atoms with E-state index >= 15 is 0 Å². The highest BCUT2D eigenvalue weighted by molar-refractivity contribution is 9.10. The molecule has 0 saturated heterocycles. The summed E-state index contributed by atoms with van der Waals surface area (Å²) in [6.45, 7) is 0. The van der Waals surface area contributed by atoms with Crippen LogP contribution >= 0.6 is 27.5 Å². The molecule has 0 radical (unpaired) electrons. The maximum absolute atomic E-state index is 11.7. The molecule has 0 heterocycles. The van der Waals surface area contributed by atoms with Crippen LogP contribution in [0.15, 0.2) is 16.6 Å². The molecule has 108 valence electrons. The summed E-state index contributed by atoms with van der Waals surface area (Å²) in [5.74, 6) is -3.48. The molecular formula is C11H9BrClNO6. The molecular weight excluding hydrogens is 357 g/mol. The first-order chi connectivity index (χ1) is 9.33. The van der Waals surface area contributed by atoms with Crippen LogP contribution in [0.25, 0.3) is 0 Å². The van der Waals surface area contributed by atoms with Crippen molar-refractivity contribution in [2.75, 3.05) is 14.2 Å². The van der Waals surface area contributed by atoms with Crippen LogP contribution in [0.2, 0.25) is 5.02 Å². The minimum Gasteiger partial charge on any atom is -0.468 e. The third-order valence-corrected chi connectivity index (χ3v) is 3.65. The van der Waals surface area contributed by atoms with Gasteiger partial charge in [-0.15, -0.1) is 0 Å². The lowest BCUT2D eigenvalue weighted by atomic mass is 9.97. The smallest absolute Gasteiger partial charge is 0.324 e. The number of nitro groups is 1. The van der Waals surface area contributed by atoms with Crippen LogP contribution in [-0.4, -0.2) is 31.1 Å². The number of hydrogen-bond donors (Lipinski definition) is 0. The van der Waals surface area contributed by atoms with Crippen molar-refractivity contribution in [3.63, 3.8) is 0 Å². The molecule has 0 bridgehead atoms. The summed E-state index contributed by atoms with van der Waals surface area (Å²) >= 11 is 8.86. The van der Waals surface area contributed by atoms with E-state index < -0.39 is 28.5 Å². The number of methoxy groups -OCH3 is 2. The number of nitro benzene ring substituents is 1. The van der Waals surface area contributed by atoms with E-state index in [1.54, 1.807) is 0 Å². The SMILES string of the molecule is COC(=O)C(C(=O)OC)c1cc(Br)c(Cl)cc1[N+](=O)[O-]. The monoisotopic (exact) mass is 365 g/mol. The quantitative estimate of drug-likeness (QED) is 0.351.